The molecule has 0 aromatic carbocycles. The third-order valence-electron chi connectivity index (χ3n) is 3.96. The summed E-state index contributed by atoms with van der Waals surface area (Å²) in [6, 6.07) is 2.76. The lowest BCUT2D eigenvalue weighted by Crippen LogP contribution is -2.45. The molecule has 5 nitrogen and oxygen atoms in total. The van der Waals surface area contributed by atoms with Crippen molar-refractivity contribution in [3.63, 3.8) is 0 Å². The Morgan fingerprint density at radius 3 is 2.53 bits per heavy atom. The maximum absolute atomic E-state index is 5.66. The summed E-state index contributed by atoms with van der Waals surface area (Å²) in [5.74, 6) is 0.734. The number of nitrogens with one attached hydrogen (secondary N) is 1. The summed E-state index contributed by atoms with van der Waals surface area (Å²) in [7, 11) is 0. The highest BCUT2D eigenvalue weighted by atomic mass is 16.5. The van der Waals surface area contributed by atoms with E-state index in [1.807, 2.05) is 19.9 Å². The average molecular weight is 262 g/mol. The van der Waals surface area contributed by atoms with Gasteiger partial charge in [0, 0.05) is 11.4 Å². The zero-order valence-electron chi connectivity index (χ0n) is 11.7. The fourth-order valence-electron chi connectivity index (χ4n) is 3.07. The molecule has 2 fully saturated rings. The van der Waals surface area contributed by atoms with Crippen molar-refractivity contribution in [1.29, 1.82) is 0 Å². The Kier molecular flexibility index (Phi) is 3.66. The van der Waals surface area contributed by atoms with E-state index in [0.717, 1.165) is 30.5 Å². The largest absolute Gasteiger partial charge is 0.378 e. The second-order valence-corrected chi connectivity index (χ2v) is 5.57. The van der Waals surface area contributed by atoms with Gasteiger partial charge in [-0.05, 0) is 45.8 Å². The Balaban J connectivity index is 1.70. The maximum Gasteiger partial charge on any atom is 0.223 e. The minimum absolute atomic E-state index is 0.305. The van der Waals surface area contributed by atoms with Gasteiger partial charge in [-0.3, -0.25) is 4.90 Å². The molecule has 0 unspecified atom stereocenters. The lowest BCUT2D eigenvalue weighted by molar-refractivity contribution is 0.159. The van der Waals surface area contributed by atoms with Crippen molar-refractivity contribution in [3.05, 3.63) is 17.5 Å². The van der Waals surface area contributed by atoms with Gasteiger partial charge < -0.3 is 10.1 Å². The van der Waals surface area contributed by atoms with Crippen LogP contribution in [0.4, 0.5) is 5.95 Å². The van der Waals surface area contributed by atoms with Gasteiger partial charge in [-0.1, -0.05) is 0 Å². The van der Waals surface area contributed by atoms with Crippen molar-refractivity contribution >= 4 is 5.95 Å². The quantitative estimate of drug-likeness (QED) is 0.891. The minimum atomic E-state index is 0.305. The van der Waals surface area contributed by atoms with Crippen LogP contribution in [-0.2, 0) is 4.74 Å². The highest BCUT2D eigenvalue weighted by Gasteiger charge is 2.34. The molecule has 2 atom stereocenters. The van der Waals surface area contributed by atoms with E-state index in [2.05, 4.69) is 20.2 Å². The fourth-order valence-corrected chi connectivity index (χ4v) is 3.07. The van der Waals surface area contributed by atoms with Crippen LogP contribution in [0.3, 0.4) is 0 Å². The van der Waals surface area contributed by atoms with Gasteiger partial charge in [0.15, 0.2) is 0 Å². The SMILES string of the molecule is Cc1cc(C)nc(N[C@H]2COC[C@@H]2N2CCCC2)n1. The van der Waals surface area contributed by atoms with Gasteiger partial charge in [0.05, 0.1) is 25.3 Å². The number of hydrogen-bond donors (Lipinski definition) is 1. The second kappa shape index (κ2) is 5.43. The van der Waals surface area contributed by atoms with Crippen molar-refractivity contribution in [3.8, 4) is 0 Å². The van der Waals surface area contributed by atoms with E-state index in [1.54, 1.807) is 0 Å². The summed E-state index contributed by atoms with van der Waals surface area (Å²) in [5, 5.41) is 3.46. The third-order valence-corrected chi connectivity index (χ3v) is 3.96. The van der Waals surface area contributed by atoms with E-state index >= 15 is 0 Å². The van der Waals surface area contributed by atoms with Crippen LogP contribution in [0.1, 0.15) is 24.2 Å². The summed E-state index contributed by atoms with van der Waals surface area (Å²) in [6.45, 7) is 7.96. The predicted octanol–water partition coefficient (Wildman–Crippen LogP) is 1.37. The molecule has 0 radical (unpaired) electrons. The first-order valence-electron chi connectivity index (χ1n) is 7.13. The third kappa shape index (κ3) is 2.87. The molecule has 2 aliphatic rings. The Bertz CT molecular complexity index is 425. The van der Waals surface area contributed by atoms with E-state index in [-0.39, 0.29) is 0 Å². The van der Waals surface area contributed by atoms with E-state index < -0.39 is 0 Å². The summed E-state index contributed by atoms with van der Waals surface area (Å²) in [4.78, 5) is 11.5. The number of rotatable bonds is 3. The maximum atomic E-state index is 5.66. The number of likely N-dealkylation sites (tertiary alicyclic amines) is 1. The smallest absolute Gasteiger partial charge is 0.223 e. The summed E-state index contributed by atoms with van der Waals surface area (Å²) >= 11 is 0. The van der Waals surface area contributed by atoms with E-state index in [0.29, 0.717) is 12.1 Å². The predicted molar refractivity (Wildman–Crippen MR) is 74.3 cm³/mol. The molecular weight excluding hydrogens is 240 g/mol. The van der Waals surface area contributed by atoms with Crippen LogP contribution in [0.2, 0.25) is 0 Å². The van der Waals surface area contributed by atoms with Crippen LogP contribution in [0.25, 0.3) is 0 Å². The second-order valence-electron chi connectivity index (χ2n) is 5.57. The molecule has 1 aromatic heterocycles. The Labute approximate surface area is 114 Å². The molecular formula is C14H22N4O. The van der Waals surface area contributed by atoms with Crippen molar-refractivity contribution in [2.75, 3.05) is 31.6 Å². The Morgan fingerprint density at radius 2 is 1.84 bits per heavy atom. The summed E-state index contributed by atoms with van der Waals surface area (Å²) < 4.78 is 5.66. The van der Waals surface area contributed by atoms with Crippen molar-refractivity contribution < 1.29 is 4.74 Å². The van der Waals surface area contributed by atoms with Gasteiger partial charge in [-0.2, -0.15) is 0 Å². The van der Waals surface area contributed by atoms with E-state index in [1.165, 1.54) is 25.9 Å². The van der Waals surface area contributed by atoms with Gasteiger partial charge in [0.2, 0.25) is 5.95 Å². The topological polar surface area (TPSA) is 50.3 Å². The standard InChI is InChI=1S/C14H22N4O/c1-10-7-11(2)16-14(15-10)17-12-8-19-9-13(12)18-5-3-4-6-18/h7,12-13H,3-6,8-9H2,1-2H3,(H,15,16,17)/t12-,13-/m0/s1. The van der Waals surface area contributed by atoms with E-state index in [4.69, 9.17) is 4.74 Å². The zero-order valence-corrected chi connectivity index (χ0v) is 11.7. The molecule has 0 amide bonds. The van der Waals surface area contributed by atoms with Crippen molar-refractivity contribution in [2.24, 2.45) is 0 Å². The molecule has 0 saturated carbocycles. The molecule has 0 spiro atoms. The highest BCUT2D eigenvalue weighted by molar-refractivity contribution is 5.30. The van der Waals surface area contributed by atoms with Crippen LogP contribution >= 0.6 is 0 Å². The minimum Gasteiger partial charge on any atom is -0.378 e. The highest BCUT2D eigenvalue weighted by Crippen LogP contribution is 2.21. The molecule has 2 aliphatic heterocycles. The fraction of sp³-hybridized carbons (Fsp3) is 0.714. The Hall–Kier alpha value is -1.20. The van der Waals surface area contributed by atoms with Gasteiger partial charge in [0.25, 0.3) is 0 Å². The molecule has 1 aromatic rings. The molecule has 104 valence electrons. The van der Waals surface area contributed by atoms with E-state index in [9.17, 15) is 0 Å². The van der Waals surface area contributed by atoms with Crippen LogP contribution in [0.5, 0.6) is 0 Å². The van der Waals surface area contributed by atoms with Gasteiger partial charge >= 0.3 is 0 Å². The van der Waals surface area contributed by atoms with Crippen LogP contribution in [0.15, 0.2) is 6.07 Å². The molecule has 3 heterocycles. The number of nitrogens with zero attached hydrogens (tertiary/aromatic N) is 3. The number of aryl methyl sites for hydroxylation is 2. The average Bonchev–Trinajstić information content (AvgIpc) is 2.96. The number of hydrogen-bond acceptors (Lipinski definition) is 5. The lowest BCUT2D eigenvalue weighted by Gasteiger charge is -2.27. The zero-order chi connectivity index (χ0) is 13.2. The summed E-state index contributed by atoms with van der Waals surface area (Å²) in [6.07, 6.45) is 2.62. The first kappa shape index (κ1) is 12.8. The van der Waals surface area contributed by atoms with Gasteiger partial charge in [-0.15, -0.1) is 0 Å². The van der Waals surface area contributed by atoms with Gasteiger partial charge in [0.1, 0.15) is 0 Å². The molecule has 0 bridgehead atoms. The van der Waals surface area contributed by atoms with Crippen molar-refractivity contribution in [2.45, 2.75) is 38.8 Å². The first-order valence-corrected chi connectivity index (χ1v) is 7.13. The monoisotopic (exact) mass is 262 g/mol. The number of aromatic nitrogens is 2. The lowest BCUT2D eigenvalue weighted by atomic mass is 10.1. The molecule has 1 N–H and O–H groups in total. The normalized spacial score (nSPS) is 27.9. The van der Waals surface area contributed by atoms with Crippen LogP contribution < -0.4 is 5.32 Å². The van der Waals surface area contributed by atoms with Crippen LogP contribution in [0, 0.1) is 13.8 Å². The van der Waals surface area contributed by atoms with Crippen LogP contribution in [-0.4, -0.2) is 53.3 Å². The van der Waals surface area contributed by atoms with Gasteiger partial charge in [-0.25, -0.2) is 9.97 Å². The summed E-state index contributed by atoms with van der Waals surface area (Å²) in [5.41, 5.74) is 2.01. The molecule has 2 saturated heterocycles. The van der Waals surface area contributed by atoms with Crippen molar-refractivity contribution in [1.82, 2.24) is 14.9 Å². The molecule has 19 heavy (non-hydrogen) atoms. The number of anilines is 1. The molecule has 0 aliphatic carbocycles. The number of ether oxygens (including phenoxy) is 1. The Morgan fingerprint density at radius 1 is 1.16 bits per heavy atom. The first-order chi connectivity index (χ1) is 9.22. The molecule has 3 rings (SSSR count). The molecule has 5 heteroatoms.